The van der Waals surface area contributed by atoms with Crippen LogP contribution >= 0.6 is 11.8 Å². The van der Waals surface area contributed by atoms with Crippen LogP contribution in [0, 0.1) is 0 Å². The highest BCUT2D eigenvalue weighted by Crippen LogP contribution is 2.42. The zero-order chi connectivity index (χ0) is 15.0. The number of nitrogen functional groups attached to an aromatic ring is 1. The molecular formula is C15H25N5S. The summed E-state index contributed by atoms with van der Waals surface area (Å²) < 4.78 is 4.45. The quantitative estimate of drug-likeness (QED) is 0.922. The predicted octanol–water partition coefficient (Wildman–Crippen LogP) is 2.98. The summed E-state index contributed by atoms with van der Waals surface area (Å²) in [5.41, 5.74) is 9.37. The molecule has 6 heteroatoms. The first-order chi connectivity index (χ1) is 10.1. The Morgan fingerprint density at radius 2 is 2.05 bits per heavy atom. The van der Waals surface area contributed by atoms with E-state index >= 15 is 0 Å². The molecular weight excluding hydrogens is 282 g/mol. The van der Waals surface area contributed by atoms with E-state index < -0.39 is 0 Å². The van der Waals surface area contributed by atoms with Crippen LogP contribution in [0.25, 0.3) is 11.2 Å². The third-order valence-electron chi connectivity index (χ3n) is 4.70. The van der Waals surface area contributed by atoms with E-state index in [0.29, 0.717) is 10.7 Å². The van der Waals surface area contributed by atoms with Crippen molar-refractivity contribution in [3.8, 4) is 0 Å². The lowest BCUT2D eigenvalue weighted by Crippen LogP contribution is -2.28. The van der Waals surface area contributed by atoms with E-state index in [1.807, 2.05) is 23.5 Å². The molecule has 2 aromatic rings. The molecule has 1 saturated carbocycles. The lowest BCUT2D eigenvalue weighted by Gasteiger charge is -2.27. The number of thioether (sulfide) groups is 1. The molecule has 21 heavy (non-hydrogen) atoms. The Hall–Kier alpha value is -1.17. The van der Waals surface area contributed by atoms with Gasteiger partial charge in [0, 0.05) is 18.3 Å². The zero-order valence-electron chi connectivity index (χ0n) is 13.2. The summed E-state index contributed by atoms with van der Waals surface area (Å²) in [6.07, 6.45) is 9.45. The Kier molecular flexibility index (Phi) is 3.90. The van der Waals surface area contributed by atoms with Crippen LogP contribution in [0.5, 0.6) is 0 Å². The number of nitrogens with two attached hydrogens (primary N) is 1. The first kappa shape index (κ1) is 14.8. The first-order valence-electron chi connectivity index (χ1n) is 7.83. The summed E-state index contributed by atoms with van der Waals surface area (Å²) in [5, 5.41) is 4.64. The summed E-state index contributed by atoms with van der Waals surface area (Å²) in [6, 6.07) is 0. The van der Waals surface area contributed by atoms with Crippen molar-refractivity contribution in [3.05, 3.63) is 5.69 Å². The van der Waals surface area contributed by atoms with Gasteiger partial charge >= 0.3 is 0 Å². The molecule has 2 aromatic heterocycles. The van der Waals surface area contributed by atoms with Gasteiger partial charge in [-0.15, -0.1) is 0 Å². The normalized spacial score (nSPS) is 17.9. The molecule has 0 radical (unpaired) electrons. The highest BCUT2D eigenvalue weighted by molar-refractivity contribution is 8.00. The number of aryl methyl sites for hydroxylation is 2. The lowest BCUT2D eigenvalue weighted by molar-refractivity contribution is 0.511. The van der Waals surface area contributed by atoms with E-state index in [0.717, 1.165) is 36.2 Å². The summed E-state index contributed by atoms with van der Waals surface area (Å²) in [6.45, 7) is 3.11. The van der Waals surface area contributed by atoms with Crippen molar-refractivity contribution in [3.63, 3.8) is 0 Å². The van der Waals surface area contributed by atoms with E-state index in [9.17, 15) is 0 Å². The van der Waals surface area contributed by atoms with Crippen LogP contribution in [0.1, 0.15) is 44.7 Å². The van der Waals surface area contributed by atoms with Crippen molar-refractivity contribution in [1.82, 2.24) is 19.3 Å². The standard InChI is InChI=1S/C15H25N5S/c1-4-7-11-12-13(19(2)18-11)20(14(16)17-12)10-15(21-3)8-5-6-9-15/h4-10H2,1-3H3,(H2,16,17). The van der Waals surface area contributed by atoms with Crippen molar-refractivity contribution in [2.45, 2.75) is 56.7 Å². The van der Waals surface area contributed by atoms with Gasteiger partial charge < -0.3 is 5.73 Å². The number of imidazole rings is 1. The van der Waals surface area contributed by atoms with Crippen LogP contribution < -0.4 is 5.73 Å². The van der Waals surface area contributed by atoms with Gasteiger partial charge in [-0.3, -0.25) is 9.25 Å². The summed E-state index contributed by atoms with van der Waals surface area (Å²) >= 11 is 1.98. The molecule has 0 atom stereocenters. The molecule has 0 unspecified atom stereocenters. The SMILES string of the molecule is CCCc1nn(C)c2c1nc(N)n2CC1(SC)CCCC1. The number of nitrogens with zero attached hydrogens (tertiary/aromatic N) is 4. The highest BCUT2D eigenvalue weighted by atomic mass is 32.2. The number of rotatable bonds is 5. The maximum atomic E-state index is 6.22. The molecule has 1 aliphatic carbocycles. The van der Waals surface area contributed by atoms with Gasteiger partial charge in [-0.2, -0.15) is 16.9 Å². The van der Waals surface area contributed by atoms with Gasteiger partial charge in [0.25, 0.3) is 0 Å². The molecule has 0 aromatic carbocycles. The average molecular weight is 307 g/mol. The molecule has 5 nitrogen and oxygen atoms in total. The number of hydrogen-bond donors (Lipinski definition) is 1. The number of fused-ring (bicyclic) bond motifs is 1. The molecule has 2 N–H and O–H groups in total. The van der Waals surface area contributed by atoms with Gasteiger partial charge in [-0.05, 0) is 25.5 Å². The van der Waals surface area contributed by atoms with E-state index in [-0.39, 0.29) is 0 Å². The minimum Gasteiger partial charge on any atom is -0.369 e. The minimum atomic E-state index is 0.316. The Labute approximate surface area is 130 Å². The molecule has 2 heterocycles. The van der Waals surface area contributed by atoms with Crippen molar-refractivity contribution >= 4 is 28.9 Å². The molecule has 0 amide bonds. The Morgan fingerprint density at radius 3 is 2.67 bits per heavy atom. The van der Waals surface area contributed by atoms with E-state index in [1.165, 1.54) is 25.7 Å². The Balaban J connectivity index is 2.04. The molecule has 0 saturated heterocycles. The Morgan fingerprint density at radius 1 is 1.33 bits per heavy atom. The van der Waals surface area contributed by atoms with Gasteiger partial charge in [0.2, 0.25) is 5.95 Å². The fraction of sp³-hybridized carbons (Fsp3) is 0.733. The molecule has 0 spiro atoms. The van der Waals surface area contributed by atoms with Crippen molar-refractivity contribution < 1.29 is 0 Å². The van der Waals surface area contributed by atoms with Crippen LogP contribution in [0.3, 0.4) is 0 Å². The summed E-state index contributed by atoms with van der Waals surface area (Å²) in [5.74, 6) is 0.635. The van der Waals surface area contributed by atoms with Crippen LogP contribution in [0.4, 0.5) is 5.95 Å². The molecule has 116 valence electrons. The van der Waals surface area contributed by atoms with Crippen LogP contribution in [-0.2, 0) is 20.0 Å². The smallest absolute Gasteiger partial charge is 0.202 e. The van der Waals surface area contributed by atoms with Crippen LogP contribution in [-0.4, -0.2) is 30.3 Å². The zero-order valence-corrected chi connectivity index (χ0v) is 14.0. The van der Waals surface area contributed by atoms with Crippen LogP contribution in [0.15, 0.2) is 0 Å². The van der Waals surface area contributed by atoms with Crippen molar-refractivity contribution in [1.29, 1.82) is 0 Å². The fourth-order valence-electron chi connectivity index (χ4n) is 3.55. The molecule has 1 fully saturated rings. The van der Waals surface area contributed by atoms with Gasteiger partial charge in [-0.1, -0.05) is 26.2 Å². The van der Waals surface area contributed by atoms with Gasteiger partial charge in [0.1, 0.15) is 5.52 Å². The maximum absolute atomic E-state index is 6.22. The second-order valence-corrected chi connectivity index (χ2v) is 7.42. The van der Waals surface area contributed by atoms with E-state index in [2.05, 4.69) is 27.8 Å². The summed E-state index contributed by atoms with van der Waals surface area (Å²) in [4.78, 5) is 4.61. The first-order valence-corrected chi connectivity index (χ1v) is 9.05. The summed E-state index contributed by atoms with van der Waals surface area (Å²) in [7, 11) is 2.00. The number of aromatic nitrogens is 4. The highest BCUT2D eigenvalue weighted by Gasteiger charge is 2.35. The van der Waals surface area contributed by atoms with Gasteiger partial charge in [-0.25, -0.2) is 4.98 Å². The third kappa shape index (κ3) is 2.43. The van der Waals surface area contributed by atoms with Gasteiger partial charge in [0.05, 0.1) is 5.69 Å². The second-order valence-electron chi connectivity index (χ2n) is 6.14. The lowest BCUT2D eigenvalue weighted by atomic mass is 10.1. The van der Waals surface area contributed by atoms with E-state index in [1.54, 1.807) is 0 Å². The topological polar surface area (TPSA) is 61.7 Å². The van der Waals surface area contributed by atoms with Gasteiger partial charge in [0.15, 0.2) is 5.65 Å². The van der Waals surface area contributed by atoms with Crippen molar-refractivity contribution in [2.75, 3.05) is 12.0 Å². The number of anilines is 1. The largest absolute Gasteiger partial charge is 0.369 e. The fourth-order valence-corrected chi connectivity index (χ4v) is 4.51. The number of hydrogen-bond acceptors (Lipinski definition) is 4. The maximum Gasteiger partial charge on any atom is 0.202 e. The Bertz CT molecular complexity index is 636. The predicted molar refractivity (Wildman–Crippen MR) is 89.6 cm³/mol. The average Bonchev–Trinajstić information content (AvgIpc) is 3.12. The van der Waals surface area contributed by atoms with E-state index in [4.69, 9.17) is 5.73 Å². The molecule has 0 bridgehead atoms. The molecule has 1 aliphatic rings. The second kappa shape index (κ2) is 5.55. The van der Waals surface area contributed by atoms with Crippen LogP contribution in [0.2, 0.25) is 0 Å². The monoisotopic (exact) mass is 307 g/mol. The molecule has 3 rings (SSSR count). The minimum absolute atomic E-state index is 0.316. The molecule has 0 aliphatic heterocycles. The van der Waals surface area contributed by atoms with Crippen molar-refractivity contribution in [2.24, 2.45) is 7.05 Å². The third-order valence-corrected chi connectivity index (χ3v) is 6.11.